The van der Waals surface area contributed by atoms with Gasteiger partial charge in [0.05, 0.1) is 32.7 Å². The Bertz CT molecular complexity index is 2270. The van der Waals surface area contributed by atoms with Crippen LogP contribution in [0.15, 0.2) is 95.5 Å². The molecule has 0 atom stereocenters. The number of aromatic hydroxyl groups is 1. The van der Waals surface area contributed by atoms with Gasteiger partial charge < -0.3 is 25.1 Å². The van der Waals surface area contributed by atoms with Crippen LogP contribution in [0.25, 0.3) is 49.1 Å². The average Bonchev–Trinajstić information content (AvgIpc) is 3.66. The summed E-state index contributed by atoms with van der Waals surface area (Å²) in [5.41, 5.74) is 10.4. The average molecular weight is 632 g/mol. The maximum Gasteiger partial charge on any atom is 0.393 e. The maximum atomic E-state index is 14.2. The molecule has 0 saturated carbocycles. The third-order valence-corrected chi connectivity index (χ3v) is 8.92. The van der Waals surface area contributed by atoms with Gasteiger partial charge in [-0.1, -0.05) is 42.5 Å². The van der Waals surface area contributed by atoms with Gasteiger partial charge >= 0.3 is 11.6 Å². The van der Waals surface area contributed by atoms with Crippen molar-refractivity contribution in [3.63, 3.8) is 0 Å². The number of nitrogens with two attached hydrogens (primary N) is 1. The summed E-state index contributed by atoms with van der Waals surface area (Å²) < 4.78 is 22.8. The second-order valence-corrected chi connectivity index (χ2v) is 11.3. The molecule has 3 N–H and O–H groups in total. The van der Waals surface area contributed by atoms with Gasteiger partial charge in [0.25, 0.3) is 5.78 Å². The van der Waals surface area contributed by atoms with Gasteiger partial charge in [0, 0.05) is 39.4 Å². The first-order chi connectivity index (χ1) is 22.4. The Kier molecular flexibility index (Phi) is 7.22. The highest BCUT2D eigenvalue weighted by Gasteiger charge is 2.37. The topological polar surface area (TPSA) is 134 Å². The van der Waals surface area contributed by atoms with E-state index in [0.29, 0.717) is 38.8 Å². The summed E-state index contributed by atoms with van der Waals surface area (Å²) in [6, 6.07) is 28.4. The predicted octanol–water partition coefficient (Wildman–Crippen LogP) is 6.59. The van der Waals surface area contributed by atoms with E-state index >= 15 is 0 Å². The van der Waals surface area contributed by atoms with Gasteiger partial charge in [-0.05, 0) is 46.7 Å². The van der Waals surface area contributed by atoms with Crippen LogP contribution in [0.1, 0.15) is 15.4 Å². The van der Waals surface area contributed by atoms with Crippen molar-refractivity contribution in [3.8, 4) is 51.3 Å². The van der Waals surface area contributed by atoms with Crippen LogP contribution in [0.3, 0.4) is 0 Å². The molecule has 0 fully saturated rings. The standard InChI is InChI=1S/C35H26N4O6S/c1-42-21-13-11-20(12-14-21)39-31(35(41)45-38-39)32(40)33-30(36)29-26(25-16-15-22(43-2)17-28(25)44-3)18-27(37-34(29)46-33)24-10-6-8-19-7-4-5-9-23(19)24/h4-18H,1-3H3,(H2-,36,38,40,41)/p+1. The van der Waals surface area contributed by atoms with Crippen molar-refractivity contribution in [3.05, 3.63) is 102 Å². The highest BCUT2D eigenvalue weighted by Crippen LogP contribution is 2.46. The van der Waals surface area contributed by atoms with Gasteiger partial charge in [-0.15, -0.1) is 11.3 Å². The lowest BCUT2D eigenvalue weighted by atomic mass is 9.96. The second kappa shape index (κ2) is 11.5. The van der Waals surface area contributed by atoms with E-state index in [-0.39, 0.29) is 16.3 Å². The molecule has 7 aromatic rings. The number of aromatic nitrogens is 3. The van der Waals surface area contributed by atoms with Crippen LogP contribution in [0, 0.1) is 0 Å². The molecule has 0 aliphatic heterocycles. The van der Waals surface area contributed by atoms with Gasteiger partial charge in [-0.2, -0.15) is 0 Å². The Morgan fingerprint density at radius 3 is 2.35 bits per heavy atom. The predicted molar refractivity (Wildman–Crippen MR) is 175 cm³/mol. The monoisotopic (exact) mass is 631 g/mol. The van der Waals surface area contributed by atoms with Crippen molar-refractivity contribution in [1.29, 1.82) is 0 Å². The summed E-state index contributed by atoms with van der Waals surface area (Å²) in [5, 5.41) is 17.2. The molecule has 11 heteroatoms. The van der Waals surface area contributed by atoms with Gasteiger partial charge in [0.2, 0.25) is 11.0 Å². The van der Waals surface area contributed by atoms with Crippen molar-refractivity contribution in [2.75, 3.05) is 27.1 Å². The van der Waals surface area contributed by atoms with Crippen molar-refractivity contribution < 1.29 is 33.3 Å². The summed E-state index contributed by atoms with van der Waals surface area (Å²) in [6.45, 7) is 0. The maximum absolute atomic E-state index is 14.2. The normalized spacial score (nSPS) is 11.2. The quantitative estimate of drug-likeness (QED) is 0.141. The highest BCUT2D eigenvalue weighted by molar-refractivity contribution is 7.21. The van der Waals surface area contributed by atoms with Crippen LogP contribution in [0.2, 0.25) is 0 Å². The van der Waals surface area contributed by atoms with Crippen LogP contribution in [0.5, 0.6) is 23.2 Å². The minimum atomic E-state index is -0.640. The molecule has 10 nitrogen and oxygen atoms in total. The lowest BCUT2D eigenvalue weighted by Gasteiger charge is -2.14. The molecule has 7 rings (SSSR count). The number of ketones is 1. The fourth-order valence-corrected chi connectivity index (χ4v) is 6.63. The van der Waals surface area contributed by atoms with Crippen LogP contribution in [-0.4, -0.2) is 42.5 Å². The molecule has 46 heavy (non-hydrogen) atoms. The van der Waals surface area contributed by atoms with Crippen molar-refractivity contribution >= 4 is 43.8 Å². The Hall–Kier alpha value is -5.94. The van der Waals surface area contributed by atoms with Crippen molar-refractivity contribution in [1.82, 2.24) is 10.3 Å². The third-order valence-electron chi connectivity index (χ3n) is 7.83. The number of hydrogen-bond donors (Lipinski definition) is 2. The summed E-state index contributed by atoms with van der Waals surface area (Å²) in [7, 11) is 4.73. The van der Waals surface area contributed by atoms with Crippen LogP contribution >= 0.6 is 11.3 Å². The third kappa shape index (κ3) is 4.74. The number of nitrogens with zero attached hydrogens (tertiary/aromatic N) is 3. The van der Waals surface area contributed by atoms with Gasteiger partial charge in [-0.3, -0.25) is 9.32 Å². The molecule has 0 unspecified atom stereocenters. The van der Waals surface area contributed by atoms with Crippen LogP contribution in [-0.2, 0) is 0 Å². The zero-order valence-corrected chi connectivity index (χ0v) is 25.8. The number of nitrogen functional groups attached to an aromatic ring is 1. The molecule has 3 heterocycles. The molecule has 0 spiro atoms. The SMILES string of the molecule is COc1ccc(-[n+]2noc(O)c2C(=O)c2sc3nc(-c4cccc5ccccc45)cc(-c4ccc(OC)cc4OC)c3c2N)cc1. The fraction of sp³-hybridized carbons (Fsp3) is 0.0857. The minimum absolute atomic E-state index is 0.173. The van der Waals surface area contributed by atoms with E-state index in [1.807, 2.05) is 54.6 Å². The molecule has 0 aliphatic rings. The number of carbonyl (C=O) groups excluding carboxylic acids is 1. The van der Waals surface area contributed by atoms with Crippen molar-refractivity contribution in [2.45, 2.75) is 0 Å². The summed E-state index contributed by atoms with van der Waals surface area (Å²) in [4.78, 5) is 19.9. The van der Waals surface area contributed by atoms with E-state index in [1.165, 1.54) is 4.68 Å². The number of benzene rings is 4. The number of ether oxygens (including phenoxy) is 3. The molecule has 0 bridgehead atoms. The molecule has 0 aliphatic carbocycles. The van der Waals surface area contributed by atoms with Crippen molar-refractivity contribution in [2.24, 2.45) is 0 Å². The summed E-state index contributed by atoms with van der Waals surface area (Å²) in [6.07, 6.45) is 0. The van der Waals surface area contributed by atoms with E-state index in [9.17, 15) is 9.90 Å². The Morgan fingerprint density at radius 2 is 1.59 bits per heavy atom. The lowest BCUT2D eigenvalue weighted by molar-refractivity contribution is -0.672. The molecular formula is C35H27N4O6S+. The lowest BCUT2D eigenvalue weighted by Crippen LogP contribution is -2.38. The van der Waals surface area contributed by atoms with E-state index in [4.69, 9.17) is 29.5 Å². The minimum Gasteiger partial charge on any atom is -0.497 e. The van der Waals surface area contributed by atoms with E-state index < -0.39 is 11.7 Å². The largest absolute Gasteiger partial charge is 0.497 e. The number of pyridine rings is 1. The van der Waals surface area contributed by atoms with Crippen LogP contribution < -0.4 is 24.6 Å². The zero-order valence-electron chi connectivity index (χ0n) is 25.0. The Labute approximate surface area is 266 Å². The fourth-order valence-electron chi connectivity index (χ4n) is 5.56. The molecule has 3 aromatic heterocycles. The first-order valence-corrected chi connectivity index (χ1v) is 15.0. The molecule has 0 amide bonds. The van der Waals surface area contributed by atoms with E-state index in [1.54, 1.807) is 51.7 Å². The smallest absolute Gasteiger partial charge is 0.393 e. The first kappa shape index (κ1) is 28.8. The molecule has 0 radical (unpaired) electrons. The van der Waals surface area contributed by atoms with Gasteiger partial charge in [0.1, 0.15) is 27.0 Å². The second-order valence-electron chi connectivity index (χ2n) is 10.3. The molecular weight excluding hydrogens is 604 g/mol. The number of anilines is 1. The molecule has 228 valence electrons. The highest BCUT2D eigenvalue weighted by atomic mass is 32.1. The molecule has 4 aromatic carbocycles. The van der Waals surface area contributed by atoms with Gasteiger partial charge in [-0.25, -0.2) is 4.98 Å². The number of thiophene rings is 1. The number of fused-ring (bicyclic) bond motifs is 2. The van der Waals surface area contributed by atoms with E-state index in [0.717, 1.165) is 38.8 Å². The number of carbonyl (C=O) groups is 1. The van der Waals surface area contributed by atoms with Gasteiger partial charge in [0.15, 0.2) is 0 Å². The molecule has 0 saturated heterocycles. The first-order valence-electron chi connectivity index (χ1n) is 14.2. The number of hydrogen-bond acceptors (Lipinski definition) is 10. The Balaban J connectivity index is 1.46. The zero-order chi connectivity index (χ0) is 31.9. The number of rotatable bonds is 8. The van der Waals surface area contributed by atoms with E-state index in [2.05, 4.69) is 11.3 Å². The van der Waals surface area contributed by atoms with Crippen LogP contribution in [0.4, 0.5) is 5.69 Å². The summed E-state index contributed by atoms with van der Waals surface area (Å²) in [5.74, 6) is 0.588. The summed E-state index contributed by atoms with van der Waals surface area (Å²) >= 11 is 1.13. The Morgan fingerprint density at radius 1 is 0.848 bits per heavy atom. The number of methoxy groups -OCH3 is 3.